The maximum atomic E-state index is 14.6. The molecule has 0 aromatic heterocycles. The number of hydrogen-bond acceptors (Lipinski definition) is 3. The molecule has 170 valence electrons. The molecular formula is C23H30BrFN2O2S2. The summed E-state index contributed by atoms with van der Waals surface area (Å²) in [7, 11) is -1.31. The molecule has 0 radical (unpaired) electrons. The van der Waals surface area contributed by atoms with Gasteiger partial charge in [0.1, 0.15) is 5.82 Å². The van der Waals surface area contributed by atoms with Gasteiger partial charge in [-0.25, -0.2) is 4.39 Å². The van der Waals surface area contributed by atoms with Crippen molar-refractivity contribution in [1.29, 1.82) is 0 Å². The van der Waals surface area contributed by atoms with Crippen molar-refractivity contribution in [2.75, 3.05) is 19.1 Å². The van der Waals surface area contributed by atoms with Crippen LogP contribution in [0.15, 0.2) is 53.0 Å². The molecule has 0 bridgehead atoms. The summed E-state index contributed by atoms with van der Waals surface area (Å²) >= 11 is 8.76. The lowest BCUT2D eigenvalue weighted by atomic mass is 10.0. The summed E-state index contributed by atoms with van der Waals surface area (Å²) in [4.78, 5) is 12.4. The van der Waals surface area contributed by atoms with Crippen molar-refractivity contribution < 1.29 is 13.4 Å². The van der Waals surface area contributed by atoms with Gasteiger partial charge in [-0.2, -0.15) is 0 Å². The zero-order valence-corrected chi connectivity index (χ0v) is 21.7. The smallest absolute Gasteiger partial charge is 0.257 e. The Kier molecular flexibility index (Phi) is 9.06. The minimum atomic E-state index is -1.31. The standard InChI is InChI=1S/C23H30BrFN2O2S2/c1-23(2,3)31(4,5)29-14-13-20(18-15-17(24)11-12-19(18)25)26-22(30)27-21(28)16-9-7-6-8-10-16/h6-12,15,20H,13-14H2,1-5H3,(H2,26,27,28,30). The van der Waals surface area contributed by atoms with Gasteiger partial charge in [-0.1, -0.05) is 54.9 Å². The summed E-state index contributed by atoms with van der Waals surface area (Å²) in [5.74, 6) is -0.665. The molecule has 0 heterocycles. The van der Waals surface area contributed by atoms with Crippen molar-refractivity contribution in [2.24, 2.45) is 0 Å². The molecular weight excluding hydrogens is 499 g/mol. The Hall–Kier alpha value is -1.48. The average molecular weight is 530 g/mol. The summed E-state index contributed by atoms with van der Waals surface area (Å²) in [5, 5.41) is 5.91. The van der Waals surface area contributed by atoms with E-state index < -0.39 is 16.4 Å². The van der Waals surface area contributed by atoms with Gasteiger partial charge in [0.15, 0.2) is 5.11 Å². The van der Waals surface area contributed by atoms with Gasteiger partial charge in [-0.3, -0.25) is 10.1 Å². The van der Waals surface area contributed by atoms with Gasteiger partial charge in [-0.15, -0.1) is 10.3 Å². The topological polar surface area (TPSA) is 50.4 Å². The molecule has 4 nitrogen and oxygen atoms in total. The number of thiocarbonyl (C=S) groups is 1. The van der Waals surface area contributed by atoms with Crippen molar-refractivity contribution in [3.63, 3.8) is 0 Å². The fourth-order valence-electron chi connectivity index (χ4n) is 2.60. The van der Waals surface area contributed by atoms with Gasteiger partial charge in [0, 0.05) is 20.3 Å². The molecule has 1 unspecified atom stereocenters. The molecule has 2 aromatic carbocycles. The highest BCUT2D eigenvalue weighted by Gasteiger charge is 2.29. The maximum absolute atomic E-state index is 14.6. The second-order valence-electron chi connectivity index (χ2n) is 8.47. The summed E-state index contributed by atoms with van der Waals surface area (Å²) in [5.41, 5.74) is 0.952. The fourth-order valence-corrected chi connectivity index (χ4v) is 4.08. The minimum absolute atomic E-state index is 0.0237. The van der Waals surface area contributed by atoms with Crippen LogP contribution in [0.5, 0.6) is 0 Å². The fraction of sp³-hybridized carbons (Fsp3) is 0.391. The molecule has 0 aliphatic carbocycles. The first-order valence-corrected chi connectivity index (χ1v) is 13.5. The summed E-state index contributed by atoms with van der Waals surface area (Å²) in [6.45, 7) is 6.89. The van der Waals surface area contributed by atoms with Gasteiger partial charge in [0.05, 0.1) is 12.6 Å². The highest BCUT2D eigenvalue weighted by molar-refractivity contribution is 9.10. The van der Waals surface area contributed by atoms with Gasteiger partial charge in [0.25, 0.3) is 5.91 Å². The van der Waals surface area contributed by atoms with E-state index in [9.17, 15) is 9.18 Å². The Morgan fingerprint density at radius 3 is 2.45 bits per heavy atom. The monoisotopic (exact) mass is 528 g/mol. The van der Waals surface area contributed by atoms with Crippen LogP contribution < -0.4 is 10.6 Å². The first-order chi connectivity index (χ1) is 14.4. The van der Waals surface area contributed by atoms with Crippen LogP contribution in [-0.4, -0.2) is 34.9 Å². The Labute approximate surface area is 200 Å². The normalized spacial score (nSPS) is 13.4. The van der Waals surface area contributed by atoms with Crippen LogP contribution in [-0.2, 0) is 4.18 Å². The molecule has 0 saturated carbocycles. The molecule has 1 atom stereocenters. The van der Waals surface area contributed by atoms with Crippen molar-refractivity contribution in [2.45, 2.75) is 38.0 Å². The van der Waals surface area contributed by atoms with Crippen LogP contribution in [0.25, 0.3) is 0 Å². The first-order valence-electron chi connectivity index (χ1n) is 9.90. The average Bonchev–Trinajstić information content (AvgIpc) is 2.68. The number of rotatable bonds is 7. The Bertz CT molecular complexity index is 918. The number of nitrogens with one attached hydrogen (secondary N) is 2. The van der Waals surface area contributed by atoms with Crippen LogP contribution >= 0.6 is 38.5 Å². The predicted molar refractivity (Wildman–Crippen MR) is 136 cm³/mol. The lowest BCUT2D eigenvalue weighted by Crippen LogP contribution is -2.41. The van der Waals surface area contributed by atoms with E-state index in [1.807, 2.05) is 6.07 Å². The maximum Gasteiger partial charge on any atom is 0.257 e. The molecule has 2 rings (SSSR count). The van der Waals surface area contributed by atoms with Crippen LogP contribution in [0.3, 0.4) is 0 Å². The molecule has 2 aromatic rings. The zero-order chi connectivity index (χ0) is 23.2. The largest absolute Gasteiger partial charge is 0.355 e. The van der Waals surface area contributed by atoms with Crippen LogP contribution in [0.2, 0.25) is 0 Å². The predicted octanol–water partition coefficient (Wildman–Crippen LogP) is 6.12. The van der Waals surface area contributed by atoms with Gasteiger partial charge in [-0.05, 0) is 61.5 Å². The quantitative estimate of drug-likeness (QED) is 0.425. The van der Waals surface area contributed by atoms with E-state index in [1.54, 1.807) is 36.4 Å². The van der Waals surface area contributed by atoms with Crippen molar-refractivity contribution in [3.05, 3.63) is 69.9 Å². The van der Waals surface area contributed by atoms with E-state index in [4.69, 9.17) is 16.4 Å². The number of carbonyl (C=O) groups is 1. The minimum Gasteiger partial charge on any atom is -0.355 e. The molecule has 0 aliphatic heterocycles. The molecule has 2 N–H and O–H groups in total. The SMILES string of the molecule is CC(C)(C)S(C)(C)OCCC(NC(=S)NC(=O)c1ccccc1)c1cc(Br)ccc1F. The number of hydrogen-bond donors (Lipinski definition) is 2. The Morgan fingerprint density at radius 1 is 1.19 bits per heavy atom. The molecule has 1 amide bonds. The number of carbonyl (C=O) groups excluding carboxylic acids is 1. The van der Waals surface area contributed by atoms with E-state index in [2.05, 4.69) is 59.8 Å². The summed E-state index contributed by atoms with van der Waals surface area (Å²) < 4.78 is 21.6. The van der Waals surface area contributed by atoms with Crippen LogP contribution in [0.1, 0.15) is 49.2 Å². The molecule has 0 saturated heterocycles. The third-order valence-electron chi connectivity index (χ3n) is 5.16. The third kappa shape index (κ3) is 7.56. The second-order valence-corrected chi connectivity index (χ2v) is 13.7. The third-order valence-corrected chi connectivity index (χ3v) is 9.58. The van der Waals surface area contributed by atoms with E-state index in [1.165, 1.54) is 6.07 Å². The second kappa shape index (κ2) is 10.9. The first kappa shape index (κ1) is 25.8. The lowest BCUT2D eigenvalue weighted by molar-refractivity contribution is 0.0976. The van der Waals surface area contributed by atoms with Crippen molar-refractivity contribution in [3.8, 4) is 0 Å². The van der Waals surface area contributed by atoms with Gasteiger partial charge >= 0.3 is 0 Å². The van der Waals surface area contributed by atoms with Gasteiger partial charge in [0.2, 0.25) is 0 Å². The molecule has 0 spiro atoms. The number of halogens is 2. The Morgan fingerprint density at radius 2 is 1.84 bits per heavy atom. The molecule has 0 aliphatic rings. The number of amides is 1. The van der Waals surface area contributed by atoms with Crippen LogP contribution in [0.4, 0.5) is 4.39 Å². The number of benzene rings is 2. The summed E-state index contributed by atoms with van der Waals surface area (Å²) in [6.07, 6.45) is 4.74. The van der Waals surface area contributed by atoms with Crippen molar-refractivity contribution in [1.82, 2.24) is 10.6 Å². The van der Waals surface area contributed by atoms with Crippen LogP contribution in [0, 0.1) is 5.82 Å². The highest BCUT2D eigenvalue weighted by Crippen LogP contribution is 2.53. The highest BCUT2D eigenvalue weighted by atomic mass is 79.9. The zero-order valence-electron chi connectivity index (χ0n) is 18.5. The molecule has 0 fully saturated rings. The summed E-state index contributed by atoms with van der Waals surface area (Å²) in [6, 6.07) is 13.1. The van der Waals surface area contributed by atoms with Crippen molar-refractivity contribution >= 4 is 49.5 Å². The molecule has 8 heteroatoms. The van der Waals surface area contributed by atoms with Gasteiger partial charge < -0.3 is 9.50 Å². The van der Waals surface area contributed by atoms with E-state index in [-0.39, 0.29) is 21.6 Å². The molecule has 31 heavy (non-hydrogen) atoms. The van der Waals surface area contributed by atoms with E-state index in [0.717, 1.165) is 4.47 Å². The Balaban J connectivity index is 2.13. The van der Waals surface area contributed by atoms with E-state index >= 15 is 0 Å². The lowest BCUT2D eigenvalue weighted by Gasteiger charge is -2.44. The van der Waals surface area contributed by atoms with E-state index in [0.29, 0.717) is 24.2 Å².